The molecule has 0 unspecified atom stereocenters. The summed E-state index contributed by atoms with van der Waals surface area (Å²) >= 11 is 3.34. The number of hydrogen-bond donors (Lipinski definition) is 2. The maximum Gasteiger partial charge on any atom is 0.410 e. The van der Waals surface area contributed by atoms with Crippen molar-refractivity contribution < 1.29 is 14.3 Å². The third kappa shape index (κ3) is 9.28. The molecule has 150 valence electrons. The van der Waals surface area contributed by atoms with Gasteiger partial charge in [-0.1, -0.05) is 0 Å². The molecule has 0 atom stereocenters. The van der Waals surface area contributed by atoms with Crippen LogP contribution in [0.1, 0.15) is 20.8 Å². The van der Waals surface area contributed by atoms with Crippen LogP contribution in [0.5, 0.6) is 0 Å². The van der Waals surface area contributed by atoms with Crippen LogP contribution >= 0.6 is 15.9 Å². The van der Waals surface area contributed by atoms with E-state index in [9.17, 15) is 9.59 Å². The van der Waals surface area contributed by atoms with Crippen molar-refractivity contribution in [2.75, 3.05) is 33.7 Å². The molecule has 1 aliphatic heterocycles. The second-order valence-electron chi connectivity index (χ2n) is 7.20. The van der Waals surface area contributed by atoms with E-state index in [4.69, 9.17) is 10.5 Å². The lowest BCUT2D eigenvalue weighted by Gasteiger charge is -2.31. The van der Waals surface area contributed by atoms with Crippen molar-refractivity contribution in [1.29, 1.82) is 0 Å². The first-order chi connectivity index (χ1) is 12.5. The van der Waals surface area contributed by atoms with E-state index < -0.39 is 5.60 Å². The van der Waals surface area contributed by atoms with Crippen molar-refractivity contribution in [2.24, 2.45) is 10.7 Å². The fraction of sp³-hybridized carbons (Fsp3) is 0.500. The van der Waals surface area contributed by atoms with Gasteiger partial charge in [-0.05, 0) is 42.8 Å². The van der Waals surface area contributed by atoms with Gasteiger partial charge in [-0.3, -0.25) is 4.79 Å². The zero-order valence-electron chi connectivity index (χ0n) is 16.5. The third-order valence-electron chi connectivity index (χ3n) is 3.12. The number of amidine groups is 1. The number of rotatable bonds is 5. The number of nitrogens with one attached hydrogen (secondary N) is 1. The van der Waals surface area contributed by atoms with E-state index in [-0.39, 0.29) is 17.6 Å². The normalized spacial score (nSPS) is 18.2. The van der Waals surface area contributed by atoms with Gasteiger partial charge in [0.05, 0.1) is 6.54 Å². The Labute approximate surface area is 168 Å². The van der Waals surface area contributed by atoms with Gasteiger partial charge in [0.15, 0.2) is 6.29 Å². The Bertz CT molecular complexity index is 675. The number of halogens is 1. The van der Waals surface area contributed by atoms with Crippen molar-refractivity contribution in [3.8, 4) is 0 Å². The monoisotopic (exact) mass is 441 g/mol. The average molecular weight is 442 g/mol. The smallest absolute Gasteiger partial charge is 0.410 e. The lowest BCUT2D eigenvalue weighted by molar-refractivity contribution is -0.104. The molecular formula is C18H28BrN5O3. The number of nitrogens with zero attached hydrogens (tertiary/aromatic N) is 3. The highest BCUT2D eigenvalue weighted by Crippen LogP contribution is 2.13. The molecule has 1 heterocycles. The molecule has 1 fully saturated rings. The first kappa shape index (κ1) is 22.8. The number of piperazine rings is 1. The fourth-order valence-corrected chi connectivity index (χ4v) is 2.79. The van der Waals surface area contributed by atoms with E-state index in [0.29, 0.717) is 30.4 Å². The van der Waals surface area contributed by atoms with Crippen molar-refractivity contribution in [2.45, 2.75) is 26.4 Å². The van der Waals surface area contributed by atoms with Gasteiger partial charge in [-0.25, -0.2) is 9.79 Å². The van der Waals surface area contributed by atoms with Crippen LogP contribution in [0, 0.1) is 0 Å². The molecule has 3 N–H and O–H groups in total. The summed E-state index contributed by atoms with van der Waals surface area (Å²) in [5, 5.41) is 3.17. The van der Waals surface area contributed by atoms with Gasteiger partial charge in [0, 0.05) is 49.6 Å². The van der Waals surface area contributed by atoms with E-state index in [0.717, 1.165) is 5.70 Å². The van der Waals surface area contributed by atoms with Gasteiger partial charge in [-0.15, -0.1) is 0 Å². The summed E-state index contributed by atoms with van der Waals surface area (Å²) < 4.78 is 6.07. The summed E-state index contributed by atoms with van der Waals surface area (Å²) in [5.74, 6) is 0.159. The van der Waals surface area contributed by atoms with Crippen molar-refractivity contribution >= 4 is 34.1 Å². The van der Waals surface area contributed by atoms with Crippen LogP contribution in [0.15, 0.2) is 39.2 Å². The van der Waals surface area contributed by atoms with Crippen LogP contribution in [0.3, 0.4) is 0 Å². The second-order valence-corrected chi connectivity index (χ2v) is 8.12. The number of aliphatic imine (C=N–C) groups is 1. The van der Waals surface area contributed by atoms with Gasteiger partial charge in [0.25, 0.3) is 0 Å². The van der Waals surface area contributed by atoms with Crippen LogP contribution < -0.4 is 11.1 Å². The predicted octanol–water partition coefficient (Wildman–Crippen LogP) is 1.95. The number of aldehydes is 1. The van der Waals surface area contributed by atoms with Gasteiger partial charge in [0.2, 0.25) is 0 Å². The summed E-state index contributed by atoms with van der Waals surface area (Å²) in [6.07, 6.45) is 5.21. The molecule has 0 aliphatic carbocycles. The molecule has 0 spiro atoms. The first-order valence-corrected chi connectivity index (χ1v) is 9.26. The number of carbonyl (C=O) groups is 2. The average Bonchev–Trinajstić information content (AvgIpc) is 2.52. The minimum Gasteiger partial charge on any atom is -0.444 e. The second kappa shape index (κ2) is 10.1. The van der Waals surface area contributed by atoms with Crippen LogP contribution in [-0.2, 0) is 9.53 Å². The molecule has 0 saturated carbocycles. The highest BCUT2D eigenvalue weighted by atomic mass is 79.9. The molecule has 0 bridgehead atoms. The Balaban J connectivity index is 2.88. The summed E-state index contributed by atoms with van der Waals surface area (Å²) in [5.41, 5.74) is 6.28. The number of carbonyl (C=O) groups excluding carboxylic acids is 2. The Hall–Kier alpha value is -2.29. The van der Waals surface area contributed by atoms with E-state index in [1.54, 1.807) is 23.3 Å². The van der Waals surface area contributed by atoms with Crippen LogP contribution in [-0.4, -0.2) is 67.3 Å². The molecule has 1 saturated heterocycles. The molecule has 0 aromatic rings. The predicted molar refractivity (Wildman–Crippen MR) is 110 cm³/mol. The van der Waals surface area contributed by atoms with Gasteiger partial charge in [0.1, 0.15) is 17.1 Å². The Kier molecular flexibility index (Phi) is 8.55. The standard InChI is InChI=1S/C18H28BrN5O3/c1-18(2,3)27-17(26)24-7-6-21-14(11-24)9-16(20)22-15(12-25)8-13(19)10-23(4)5/h8-10,12,21H,6-7,11H2,1-5H3,(H2,20,22)/b13-10+,14-9-,15-8+. The molecule has 9 heteroatoms. The molecule has 0 aromatic heterocycles. The van der Waals surface area contributed by atoms with Crippen LogP contribution in [0.2, 0.25) is 0 Å². The Morgan fingerprint density at radius 2 is 2.07 bits per heavy atom. The van der Waals surface area contributed by atoms with E-state index in [1.807, 2.05) is 39.8 Å². The maximum atomic E-state index is 12.2. The number of ether oxygens (including phenoxy) is 1. The molecular weight excluding hydrogens is 414 g/mol. The van der Waals surface area contributed by atoms with E-state index in [2.05, 4.69) is 26.2 Å². The van der Waals surface area contributed by atoms with Crippen molar-refractivity contribution in [3.63, 3.8) is 0 Å². The van der Waals surface area contributed by atoms with E-state index >= 15 is 0 Å². The zero-order chi connectivity index (χ0) is 20.6. The highest BCUT2D eigenvalue weighted by Gasteiger charge is 2.24. The maximum absolute atomic E-state index is 12.2. The lowest BCUT2D eigenvalue weighted by Crippen LogP contribution is -2.47. The topological polar surface area (TPSA) is 100 Å². The summed E-state index contributed by atoms with van der Waals surface area (Å²) in [6, 6.07) is 0. The largest absolute Gasteiger partial charge is 0.444 e. The minimum atomic E-state index is -0.552. The van der Waals surface area contributed by atoms with Crippen LogP contribution in [0.4, 0.5) is 4.79 Å². The van der Waals surface area contributed by atoms with Crippen molar-refractivity contribution in [1.82, 2.24) is 15.1 Å². The Morgan fingerprint density at radius 1 is 1.41 bits per heavy atom. The number of amides is 1. The van der Waals surface area contributed by atoms with Crippen molar-refractivity contribution in [3.05, 3.63) is 34.2 Å². The number of hydrogen-bond acceptors (Lipinski definition) is 6. The lowest BCUT2D eigenvalue weighted by atomic mass is 10.2. The quantitative estimate of drug-likeness (QED) is 0.222. The molecule has 0 radical (unpaired) electrons. The van der Waals surface area contributed by atoms with Gasteiger partial charge in [-0.2, -0.15) is 0 Å². The first-order valence-electron chi connectivity index (χ1n) is 8.47. The molecule has 0 aromatic carbocycles. The van der Waals surface area contributed by atoms with Crippen LogP contribution in [0.25, 0.3) is 0 Å². The minimum absolute atomic E-state index is 0.159. The third-order valence-corrected chi connectivity index (χ3v) is 3.55. The summed E-state index contributed by atoms with van der Waals surface area (Å²) in [4.78, 5) is 31.0. The molecule has 27 heavy (non-hydrogen) atoms. The number of nitrogens with two attached hydrogens (primary N) is 1. The SMILES string of the molecule is CN(C)\C=C(Br)/C=C(C=O)/N=C(N)\C=C1\CN(C(=O)OC(C)(C)C)CCN1. The summed E-state index contributed by atoms with van der Waals surface area (Å²) in [7, 11) is 3.73. The highest BCUT2D eigenvalue weighted by molar-refractivity contribution is 9.11. The zero-order valence-corrected chi connectivity index (χ0v) is 18.0. The molecule has 1 rings (SSSR count). The summed E-state index contributed by atoms with van der Waals surface area (Å²) in [6.45, 7) is 6.91. The number of allylic oxidation sites excluding steroid dienone is 3. The molecule has 1 amide bonds. The van der Waals surface area contributed by atoms with Gasteiger partial charge >= 0.3 is 6.09 Å². The Morgan fingerprint density at radius 3 is 2.63 bits per heavy atom. The molecule has 1 aliphatic rings. The molecule has 8 nitrogen and oxygen atoms in total. The van der Waals surface area contributed by atoms with Gasteiger partial charge < -0.3 is 25.6 Å². The van der Waals surface area contributed by atoms with E-state index in [1.165, 1.54) is 0 Å². The fourth-order valence-electron chi connectivity index (χ4n) is 2.15.